The lowest BCUT2D eigenvalue weighted by molar-refractivity contribution is 0.330. The summed E-state index contributed by atoms with van der Waals surface area (Å²) in [6.45, 7) is 2.24. The molecule has 1 aromatic carbocycles. The van der Waals surface area contributed by atoms with Gasteiger partial charge in [-0.1, -0.05) is 19.4 Å². The van der Waals surface area contributed by atoms with Gasteiger partial charge in [0.15, 0.2) is 0 Å². The first-order valence-corrected chi connectivity index (χ1v) is 8.43. The van der Waals surface area contributed by atoms with E-state index in [4.69, 9.17) is 5.14 Å². The van der Waals surface area contributed by atoms with Gasteiger partial charge in [-0.3, -0.25) is 0 Å². The summed E-state index contributed by atoms with van der Waals surface area (Å²) in [5.74, 6) is 0.855. The van der Waals surface area contributed by atoms with Gasteiger partial charge in [0.25, 0.3) is 0 Å². The molecular formula is C14H22N2O2S. The van der Waals surface area contributed by atoms with Gasteiger partial charge in [-0.05, 0) is 49.8 Å². The highest BCUT2D eigenvalue weighted by Gasteiger charge is 2.20. The fourth-order valence-corrected chi connectivity index (χ4v) is 3.27. The third-order valence-electron chi connectivity index (χ3n) is 3.96. The molecule has 1 aromatic rings. The Morgan fingerprint density at radius 1 is 1.26 bits per heavy atom. The van der Waals surface area contributed by atoms with Gasteiger partial charge in [0.05, 0.1) is 4.90 Å². The summed E-state index contributed by atoms with van der Waals surface area (Å²) in [7, 11) is -3.62. The van der Waals surface area contributed by atoms with Gasteiger partial charge in [-0.25, -0.2) is 13.6 Å². The van der Waals surface area contributed by atoms with E-state index in [1.165, 1.54) is 25.3 Å². The van der Waals surface area contributed by atoms with Crippen LogP contribution in [-0.2, 0) is 10.0 Å². The molecule has 0 aliphatic heterocycles. The van der Waals surface area contributed by atoms with Crippen LogP contribution in [-0.4, -0.2) is 14.5 Å². The van der Waals surface area contributed by atoms with E-state index in [2.05, 4.69) is 12.2 Å². The quantitative estimate of drug-likeness (QED) is 0.892. The SMILES string of the molecule is CCC1CCC(Nc2cccc(S(N)(=O)=O)c2)CC1. The maximum absolute atomic E-state index is 11.3. The second-order valence-electron chi connectivity index (χ2n) is 5.34. The first kappa shape index (κ1) is 14.3. The molecule has 0 bridgehead atoms. The Morgan fingerprint density at radius 3 is 2.53 bits per heavy atom. The van der Waals surface area contributed by atoms with Crippen LogP contribution < -0.4 is 10.5 Å². The van der Waals surface area contributed by atoms with Crippen molar-refractivity contribution in [2.45, 2.75) is 50.0 Å². The molecule has 19 heavy (non-hydrogen) atoms. The van der Waals surface area contributed by atoms with Crippen molar-refractivity contribution >= 4 is 15.7 Å². The van der Waals surface area contributed by atoms with Crippen LogP contribution in [0, 0.1) is 5.92 Å². The minimum Gasteiger partial charge on any atom is -0.382 e. The van der Waals surface area contributed by atoms with Crippen molar-refractivity contribution in [2.24, 2.45) is 11.1 Å². The van der Waals surface area contributed by atoms with Crippen LogP contribution in [0.4, 0.5) is 5.69 Å². The molecule has 1 aliphatic rings. The van der Waals surface area contributed by atoms with E-state index in [1.54, 1.807) is 12.1 Å². The Labute approximate surface area is 115 Å². The molecule has 0 heterocycles. The molecule has 1 aliphatic carbocycles. The molecule has 1 saturated carbocycles. The Hall–Kier alpha value is -1.07. The summed E-state index contributed by atoms with van der Waals surface area (Å²) in [6.07, 6.45) is 6.07. The van der Waals surface area contributed by atoms with Gasteiger partial charge >= 0.3 is 0 Å². The number of nitrogens with one attached hydrogen (secondary N) is 1. The van der Waals surface area contributed by atoms with Crippen LogP contribution in [0.2, 0.25) is 0 Å². The molecule has 0 amide bonds. The van der Waals surface area contributed by atoms with E-state index < -0.39 is 10.0 Å². The average molecular weight is 282 g/mol. The lowest BCUT2D eigenvalue weighted by Gasteiger charge is -2.29. The normalized spacial score (nSPS) is 24.1. The van der Waals surface area contributed by atoms with Crippen molar-refractivity contribution in [1.29, 1.82) is 0 Å². The van der Waals surface area contributed by atoms with Crippen molar-refractivity contribution in [2.75, 3.05) is 5.32 Å². The maximum Gasteiger partial charge on any atom is 0.238 e. The van der Waals surface area contributed by atoms with Gasteiger partial charge in [0.2, 0.25) is 10.0 Å². The Kier molecular flexibility index (Phi) is 4.47. The first-order chi connectivity index (χ1) is 8.99. The lowest BCUT2D eigenvalue weighted by Crippen LogP contribution is -2.26. The highest BCUT2D eigenvalue weighted by Crippen LogP contribution is 2.28. The van der Waals surface area contributed by atoms with E-state index >= 15 is 0 Å². The molecular weight excluding hydrogens is 260 g/mol. The highest BCUT2D eigenvalue weighted by atomic mass is 32.2. The fourth-order valence-electron chi connectivity index (χ4n) is 2.71. The van der Waals surface area contributed by atoms with E-state index in [1.807, 2.05) is 6.07 Å². The third-order valence-corrected chi connectivity index (χ3v) is 4.87. The molecule has 2 rings (SSSR count). The van der Waals surface area contributed by atoms with Crippen LogP contribution in [0.25, 0.3) is 0 Å². The molecule has 106 valence electrons. The predicted octanol–water partition coefficient (Wildman–Crippen LogP) is 2.71. The summed E-state index contributed by atoms with van der Waals surface area (Å²) in [6, 6.07) is 7.19. The number of nitrogens with two attached hydrogens (primary N) is 1. The Bertz CT molecular complexity index is 520. The molecule has 5 heteroatoms. The summed E-state index contributed by atoms with van der Waals surface area (Å²) in [5, 5.41) is 8.56. The van der Waals surface area contributed by atoms with Gasteiger partial charge in [0.1, 0.15) is 0 Å². The van der Waals surface area contributed by atoms with Crippen LogP contribution in [0.5, 0.6) is 0 Å². The molecule has 0 unspecified atom stereocenters. The standard InChI is InChI=1S/C14H22N2O2S/c1-2-11-6-8-12(9-7-11)16-13-4-3-5-14(10-13)19(15,17)18/h3-5,10-12,16H,2,6-9H2,1H3,(H2,15,17,18). The minimum absolute atomic E-state index is 0.166. The molecule has 0 radical (unpaired) electrons. The van der Waals surface area contributed by atoms with Crippen LogP contribution in [0.15, 0.2) is 29.2 Å². The van der Waals surface area contributed by atoms with Gasteiger partial charge in [0, 0.05) is 11.7 Å². The molecule has 3 N–H and O–H groups in total. The zero-order chi connectivity index (χ0) is 13.9. The zero-order valence-corrected chi connectivity index (χ0v) is 12.1. The van der Waals surface area contributed by atoms with Crippen LogP contribution in [0.1, 0.15) is 39.0 Å². The van der Waals surface area contributed by atoms with E-state index in [9.17, 15) is 8.42 Å². The number of anilines is 1. The van der Waals surface area contributed by atoms with Crippen molar-refractivity contribution in [3.8, 4) is 0 Å². The van der Waals surface area contributed by atoms with Crippen molar-refractivity contribution in [3.05, 3.63) is 24.3 Å². The predicted molar refractivity (Wildman–Crippen MR) is 77.5 cm³/mol. The van der Waals surface area contributed by atoms with E-state index in [-0.39, 0.29) is 4.90 Å². The average Bonchev–Trinajstić information content (AvgIpc) is 2.39. The van der Waals surface area contributed by atoms with Crippen molar-refractivity contribution < 1.29 is 8.42 Å². The number of hydrogen-bond donors (Lipinski definition) is 2. The number of rotatable bonds is 4. The molecule has 4 nitrogen and oxygen atoms in total. The molecule has 1 fully saturated rings. The van der Waals surface area contributed by atoms with Gasteiger partial charge in [-0.15, -0.1) is 0 Å². The van der Waals surface area contributed by atoms with Crippen LogP contribution >= 0.6 is 0 Å². The number of sulfonamides is 1. The maximum atomic E-state index is 11.3. The first-order valence-electron chi connectivity index (χ1n) is 6.88. The number of benzene rings is 1. The fraction of sp³-hybridized carbons (Fsp3) is 0.571. The minimum atomic E-state index is -3.62. The van der Waals surface area contributed by atoms with Gasteiger partial charge < -0.3 is 5.32 Å². The number of primary sulfonamides is 1. The summed E-state index contributed by atoms with van der Waals surface area (Å²) in [5.41, 5.74) is 0.839. The van der Waals surface area contributed by atoms with E-state index in [0.29, 0.717) is 6.04 Å². The summed E-state index contributed by atoms with van der Waals surface area (Å²) >= 11 is 0. The van der Waals surface area contributed by atoms with Crippen molar-refractivity contribution in [3.63, 3.8) is 0 Å². The number of hydrogen-bond acceptors (Lipinski definition) is 3. The van der Waals surface area contributed by atoms with E-state index in [0.717, 1.165) is 24.4 Å². The Balaban J connectivity index is 2.00. The summed E-state index contributed by atoms with van der Waals surface area (Å²) < 4.78 is 22.6. The molecule has 0 atom stereocenters. The van der Waals surface area contributed by atoms with Gasteiger partial charge in [-0.2, -0.15) is 0 Å². The highest BCUT2D eigenvalue weighted by molar-refractivity contribution is 7.89. The van der Waals surface area contributed by atoms with Crippen LogP contribution in [0.3, 0.4) is 0 Å². The summed E-state index contributed by atoms with van der Waals surface area (Å²) in [4.78, 5) is 0.166. The molecule has 0 saturated heterocycles. The lowest BCUT2D eigenvalue weighted by atomic mass is 9.84. The largest absolute Gasteiger partial charge is 0.382 e. The third kappa shape index (κ3) is 3.94. The molecule has 0 aromatic heterocycles. The zero-order valence-electron chi connectivity index (χ0n) is 11.3. The Morgan fingerprint density at radius 2 is 1.95 bits per heavy atom. The smallest absolute Gasteiger partial charge is 0.238 e. The monoisotopic (exact) mass is 282 g/mol. The molecule has 0 spiro atoms. The van der Waals surface area contributed by atoms with Crippen molar-refractivity contribution in [1.82, 2.24) is 0 Å². The topological polar surface area (TPSA) is 72.2 Å². The second kappa shape index (κ2) is 5.92. The second-order valence-corrected chi connectivity index (χ2v) is 6.90.